The summed E-state index contributed by atoms with van der Waals surface area (Å²) in [5.74, 6) is -0.685. The zero-order chi connectivity index (χ0) is 18.2. The molecular formula is C20H29NO4. The van der Waals surface area contributed by atoms with Crippen molar-refractivity contribution in [3.63, 3.8) is 0 Å². The number of hydrogen-bond donors (Lipinski definition) is 3. The molecule has 1 saturated heterocycles. The van der Waals surface area contributed by atoms with Gasteiger partial charge in [-0.3, -0.25) is 4.79 Å². The number of likely N-dealkylation sites (tertiary alicyclic amines) is 1. The van der Waals surface area contributed by atoms with Crippen LogP contribution in [0.3, 0.4) is 0 Å². The van der Waals surface area contributed by atoms with E-state index in [0.29, 0.717) is 24.9 Å². The molecule has 1 aromatic rings. The van der Waals surface area contributed by atoms with Crippen molar-refractivity contribution in [3.05, 3.63) is 33.0 Å². The summed E-state index contributed by atoms with van der Waals surface area (Å²) in [6.45, 7) is 6.50. The molecule has 5 heteroatoms. The summed E-state index contributed by atoms with van der Waals surface area (Å²) in [6, 6.07) is 1.43. The van der Waals surface area contributed by atoms with Crippen LogP contribution in [0.15, 0.2) is 10.9 Å². The molecule has 0 spiro atoms. The first-order chi connectivity index (χ1) is 11.8. The minimum absolute atomic E-state index is 0.0691. The van der Waals surface area contributed by atoms with Crippen LogP contribution < -0.4 is 5.43 Å². The third kappa shape index (κ3) is 3.67. The summed E-state index contributed by atoms with van der Waals surface area (Å²) in [5.41, 5.74) is 0.803. The summed E-state index contributed by atoms with van der Waals surface area (Å²) >= 11 is 0. The van der Waals surface area contributed by atoms with Gasteiger partial charge in [-0.2, -0.15) is 0 Å². The van der Waals surface area contributed by atoms with E-state index >= 15 is 0 Å². The number of aliphatic hydroxyl groups is 1. The van der Waals surface area contributed by atoms with E-state index in [0.717, 1.165) is 30.6 Å². The van der Waals surface area contributed by atoms with E-state index < -0.39 is 16.8 Å². The molecule has 3 N–H and O–H groups in total. The van der Waals surface area contributed by atoms with Crippen molar-refractivity contribution >= 4 is 0 Å². The van der Waals surface area contributed by atoms with Crippen molar-refractivity contribution in [1.82, 2.24) is 4.90 Å². The number of β-amino-alcohol motifs (C(OH)–C–C–N with tert-alkyl or cyclic N) is 1. The molecule has 0 amide bonds. The number of aromatic hydroxyl groups is 2. The molecule has 1 aromatic carbocycles. The normalized spacial score (nSPS) is 23.7. The van der Waals surface area contributed by atoms with Crippen LogP contribution in [-0.4, -0.2) is 45.5 Å². The van der Waals surface area contributed by atoms with Crippen molar-refractivity contribution in [2.45, 2.75) is 58.0 Å². The van der Waals surface area contributed by atoms with Crippen LogP contribution in [0.5, 0.6) is 11.5 Å². The van der Waals surface area contributed by atoms with E-state index in [2.05, 4.69) is 4.90 Å². The zero-order valence-electron chi connectivity index (χ0n) is 15.2. The van der Waals surface area contributed by atoms with E-state index in [-0.39, 0.29) is 11.7 Å². The quantitative estimate of drug-likeness (QED) is 0.780. The fraction of sp³-hybridized carbons (Fsp3) is 0.650. The lowest BCUT2D eigenvalue weighted by molar-refractivity contribution is -0.0387. The van der Waals surface area contributed by atoms with Gasteiger partial charge in [0.15, 0.2) is 11.5 Å². The number of fused-ring (bicyclic) bond motifs is 1. The summed E-state index contributed by atoms with van der Waals surface area (Å²) in [6.07, 6.45) is 5.54. The number of aryl methyl sites for hydroxylation is 1. The Morgan fingerprint density at radius 1 is 1.20 bits per heavy atom. The molecule has 0 saturated carbocycles. The molecule has 1 heterocycles. The minimum Gasteiger partial charge on any atom is -0.504 e. The van der Waals surface area contributed by atoms with Crippen LogP contribution in [0.25, 0.3) is 0 Å². The smallest absolute Gasteiger partial charge is 0.261 e. The van der Waals surface area contributed by atoms with Gasteiger partial charge >= 0.3 is 0 Å². The van der Waals surface area contributed by atoms with Gasteiger partial charge in [-0.1, -0.05) is 6.42 Å². The van der Waals surface area contributed by atoms with Gasteiger partial charge in [0.1, 0.15) is 0 Å². The summed E-state index contributed by atoms with van der Waals surface area (Å²) in [5, 5.41) is 31.2. The Balaban J connectivity index is 1.86. The van der Waals surface area contributed by atoms with Crippen molar-refractivity contribution in [1.29, 1.82) is 0 Å². The minimum atomic E-state index is -0.812. The Labute approximate surface area is 148 Å². The van der Waals surface area contributed by atoms with E-state index in [9.17, 15) is 20.1 Å². The lowest BCUT2D eigenvalue weighted by Crippen LogP contribution is -2.49. The molecule has 2 unspecified atom stereocenters. The Morgan fingerprint density at radius 3 is 2.56 bits per heavy atom. The number of hydrogen-bond acceptors (Lipinski definition) is 5. The highest BCUT2D eigenvalue weighted by Crippen LogP contribution is 2.37. The lowest BCUT2D eigenvalue weighted by atomic mass is 9.74. The van der Waals surface area contributed by atoms with Gasteiger partial charge < -0.3 is 20.2 Å². The first-order valence-electron chi connectivity index (χ1n) is 9.32. The van der Waals surface area contributed by atoms with Crippen molar-refractivity contribution in [2.24, 2.45) is 5.92 Å². The molecule has 25 heavy (non-hydrogen) atoms. The largest absolute Gasteiger partial charge is 0.504 e. The molecule has 2 aliphatic rings. The second kappa shape index (κ2) is 6.96. The molecule has 0 radical (unpaired) electrons. The predicted octanol–water partition coefficient (Wildman–Crippen LogP) is 2.11. The van der Waals surface area contributed by atoms with E-state index in [1.807, 2.05) is 13.8 Å². The standard InChI is InChI=1S/C20H29NO4/c1-13-10-17(22)19(24)18(23)15-7-6-14(11-16(13)15)20(2,25)12-21-8-4-3-5-9-21/h10,14,25H,3-9,11-12H2,1-2H3,(H2,22,23,24). The van der Waals surface area contributed by atoms with Gasteiger partial charge in [0.05, 0.1) is 5.60 Å². The van der Waals surface area contributed by atoms with Gasteiger partial charge in [-0.15, -0.1) is 0 Å². The highest BCUT2D eigenvalue weighted by molar-refractivity contribution is 5.47. The third-order valence-electron chi connectivity index (χ3n) is 5.99. The Morgan fingerprint density at radius 2 is 1.88 bits per heavy atom. The molecule has 5 nitrogen and oxygen atoms in total. The first kappa shape index (κ1) is 18.2. The van der Waals surface area contributed by atoms with Crippen LogP contribution in [0, 0.1) is 12.8 Å². The predicted molar refractivity (Wildman–Crippen MR) is 97.2 cm³/mol. The van der Waals surface area contributed by atoms with Crippen LogP contribution in [0.4, 0.5) is 0 Å². The highest BCUT2D eigenvalue weighted by Gasteiger charge is 2.37. The second-order valence-electron chi connectivity index (χ2n) is 7.98. The molecule has 1 aliphatic heterocycles. The lowest BCUT2D eigenvalue weighted by Gasteiger charge is -2.41. The number of rotatable bonds is 3. The van der Waals surface area contributed by atoms with Crippen LogP contribution in [0.1, 0.15) is 49.3 Å². The third-order valence-corrected chi connectivity index (χ3v) is 5.99. The summed E-state index contributed by atoms with van der Waals surface area (Å²) < 4.78 is 0. The molecular weight excluding hydrogens is 318 g/mol. The van der Waals surface area contributed by atoms with Crippen LogP contribution >= 0.6 is 0 Å². The fourth-order valence-corrected chi connectivity index (χ4v) is 4.45. The first-order valence-corrected chi connectivity index (χ1v) is 9.32. The SMILES string of the molecule is Cc1cc(O)c(=O)c(O)c2c1CC(C(C)(O)CN1CCCCC1)CC2. The van der Waals surface area contributed by atoms with E-state index in [1.165, 1.54) is 25.3 Å². The molecule has 1 fully saturated rings. The number of nitrogens with zero attached hydrogens (tertiary/aromatic N) is 1. The molecule has 0 bridgehead atoms. The summed E-state index contributed by atoms with van der Waals surface area (Å²) in [7, 11) is 0. The Kier molecular flexibility index (Phi) is 5.07. The van der Waals surface area contributed by atoms with E-state index in [1.54, 1.807) is 0 Å². The molecule has 2 atom stereocenters. The van der Waals surface area contributed by atoms with Gasteiger partial charge in [-0.05, 0) is 82.2 Å². The molecule has 1 aliphatic carbocycles. The van der Waals surface area contributed by atoms with E-state index in [4.69, 9.17) is 0 Å². The topological polar surface area (TPSA) is 81.0 Å². The van der Waals surface area contributed by atoms with Gasteiger partial charge in [0.2, 0.25) is 0 Å². The van der Waals surface area contributed by atoms with Gasteiger partial charge in [0.25, 0.3) is 5.43 Å². The van der Waals surface area contributed by atoms with Crippen molar-refractivity contribution in [2.75, 3.05) is 19.6 Å². The molecule has 0 aromatic heterocycles. The van der Waals surface area contributed by atoms with Gasteiger partial charge in [0, 0.05) is 12.1 Å². The average Bonchev–Trinajstić information content (AvgIpc) is 2.67. The fourth-order valence-electron chi connectivity index (χ4n) is 4.45. The van der Waals surface area contributed by atoms with Gasteiger partial charge in [-0.25, -0.2) is 0 Å². The van der Waals surface area contributed by atoms with Crippen molar-refractivity contribution < 1.29 is 15.3 Å². The van der Waals surface area contributed by atoms with Crippen LogP contribution in [-0.2, 0) is 12.8 Å². The maximum atomic E-state index is 12.0. The Bertz CT molecular complexity index is 708. The summed E-state index contributed by atoms with van der Waals surface area (Å²) in [4.78, 5) is 14.3. The molecule has 138 valence electrons. The highest BCUT2D eigenvalue weighted by atomic mass is 16.3. The second-order valence-corrected chi connectivity index (χ2v) is 7.98. The van der Waals surface area contributed by atoms with Crippen molar-refractivity contribution in [3.8, 4) is 11.5 Å². The maximum absolute atomic E-state index is 12.0. The van der Waals surface area contributed by atoms with Crippen LogP contribution in [0.2, 0.25) is 0 Å². The average molecular weight is 347 g/mol. The Hall–Kier alpha value is -1.59. The maximum Gasteiger partial charge on any atom is 0.261 e. The monoisotopic (exact) mass is 347 g/mol. The molecule has 3 rings (SSSR count). The number of piperidine rings is 1. The zero-order valence-corrected chi connectivity index (χ0v) is 15.2.